The SMILES string of the molecule is CC.CC1=C(C#CC(C)C)C(C)(C)CC(O)C1. The van der Waals surface area contributed by atoms with E-state index in [4.69, 9.17) is 0 Å². The van der Waals surface area contributed by atoms with Gasteiger partial charge in [-0.3, -0.25) is 0 Å². The Bertz CT molecular complexity index is 323. The van der Waals surface area contributed by atoms with Crippen LogP contribution in [0.25, 0.3) is 0 Å². The van der Waals surface area contributed by atoms with Gasteiger partial charge in [0.25, 0.3) is 0 Å². The topological polar surface area (TPSA) is 20.2 Å². The molecule has 0 aromatic rings. The maximum absolute atomic E-state index is 9.73. The minimum Gasteiger partial charge on any atom is -0.393 e. The number of hydrogen-bond acceptors (Lipinski definition) is 1. The van der Waals surface area contributed by atoms with Gasteiger partial charge in [-0.1, -0.05) is 59.0 Å². The summed E-state index contributed by atoms with van der Waals surface area (Å²) in [7, 11) is 0. The molecule has 0 heterocycles. The van der Waals surface area contributed by atoms with Crippen molar-refractivity contribution in [2.75, 3.05) is 0 Å². The fourth-order valence-electron chi connectivity index (χ4n) is 2.29. The van der Waals surface area contributed by atoms with Crippen LogP contribution in [0.3, 0.4) is 0 Å². The fraction of sp³-hybridized carbons (Fsp3) is 0.750. The summed E-state index contributed by atoms with van der Waals surface area (Å²) >= 11 is 0. The third kappa shape index (κ3) is 4.96. The normalized spacial score (nSPS) is 22.5. The summed E-state index contributed by atoms with van der Waals surface area (Å²) in [6.07, 6.45) is 1.42. The summed E-state index contributed by atoms with van der Waals surface area (Å²) in [5, 5.41) is 9.73. The van der Waals surface area contributed by atoms with Crippen LogP contribution in [-0.4, -0.2) is 11.2 Å². The van der Waals surface area contributed by atoms with Crippen molar-refractivity contribution in [3.8, 4) is 11.8 Å². The first kappa shape index (κ1) is 16.3. The van der Waals surface area contributed by atoms with Crippen LogP contribution in [0.2, 0.25) is 0 Å². The Morgan fingerprint density at radius 3 is 2.24 bits per heavy atom. The molecule has 1 rings (SSSR count). The molecule has 1 aliphatic rings. The zero-order valence-electron chi connectivity index (χ0n) is 12.5. The van der Waals surface area contributed by atoms with Crippen molar-refractivity contribution in [2.24, 2.45) is 11.3 Å². The molecule has 1 nitrogen and oxygen atoms in total. The van der Waals surface area contributed by atoms with Gasteiger partial charge in [0, 0.05) is 16.9 Å². The zero-order chi connectivity index (χ0) is 13.6. The van der Waals surface area contributed by atoms with Crippen molar-refractivity contribution in [1.29, 1.82) is 0 Å². The average Bonchev–Trinajstić information content (AvgIpc) is 2.17. The molecule has 0 amide bonds. The molecular weight excluding hydrogens is 208 g/mol. The molecule has 1 unspecified atom stereocenters. The third-order valence-corrected chi connectivity index (χ3v) is 2.88. The maximum atomic E-state index is 9.73. The van der Waals surface area contributed by atoms with E-state index in [1.165, 1.54) is 11.1 Å². The maximum Gasteiger partial charge on any atom is 0.0586 e. The summed E-state index contributed by atoms with van der Waals surface area (Å²) in [4.78, 5) is 0. The number of allylic oxidation sites excluding steroid dienone is 1. The molecule has 17 heavy (non-hydrogen) atoms. The van der Waals surface area contributed by atoms with Crippen LogP contribution in [0.5, 0.6) is 0 Å². The van der Waals surface area contributed by atoms with Crippen LogP contribution in [0.1, 0.15) is 61.3 Å². The minimum absolute atomic E-state index is 0.0314. The second kappa shape index (κ2) is 6.87. The molecular formula is C16H28O. The van der Waals surface area contributed by atoms with E-state index in [0.717, 1.165) is 12.8 Å². The molecule has 0 radical (unpaired) electrons. The van der Waals surface area contributed by atoms with E-state index in [0.29, 0.717) is 5.92 Å². The summed E-state index contributed by atoms with van der Waals surface area (Å²) in [5.41, 5.74) is 2.53. The van der Waals surface area contributed by atoms with Crippen molar-refractivity contribution in [3.05, 3.63) is 11.1 Å². The standard InChI is InChI=1S/C14H22O.C2H6/c1-10(2)6-7-13-11(3)8-12(15)9-14(13,4)5;1-2/h10,12,15H,8-9H2,1-5H3;1-2H3. The highest BCUT2D eigenvalue weighted by molar-refractivity contribution is 5.40. The lowest BCUT2D eigenvalue weighted by Gasteiger charge is -2.34. The first-order chi connectivity index (χ1) is 7.83. The zero-order valence-corrected chi connectivity index (χ0v) is 12.5. The van der Waals surface area contributed by atoms with Crippen LogP contribution in [0.4, 0.5) is 0 Å². The summed E-state index contributed by atoms with van der Waals surface area (Å²) in [6, 6.07) is 0. The molecule has 1 heteroatoms. The van der Waals surface area contributed by atoms with Gasteiger partial charge in [-0.15, -0.1) is 0 Å². The minimum atomic E-state index is -0.190. The molecule has 0 aromatic heterocycles. The fourth-order valence-corrected chi connectivity index (χ4v) is 2.29. The molecule has 0 saturated carbocycles. The van der Waals surface area contributed by atoms with Gasteiger partial charge in [0.2, 0.25) is 0 Å². The molecule has 0 aromatic carbocycles. The predicted octanol–water partition coefficient (Wildman–Crippen LogP) is 4.17. The first-order valence-corrected chi connectivity index (χ1v) is 6.73. The Kier molecular flexibility index (Phi) is 6.57. The smallest absolute Gasteiger partial charge is 0.0586 e. The van der Waals surface area contributed by atoms with Gasteiger partial charge in [0.15, 0.2) is 0 Å². The van der Waals surface area contributed by atoms with Gasteiger partial charge >= 0.3 is 0 Å². The van der Waals surface area contributed by atoms with Crippen LogP contribution < -0.4 is 0 Å². The molecule has 0 saturated heterocycles. The highest BCUT2D eigenvalue weighted by Crippen LogP contribution is 2.39. The Hall–Kier alpha value is -0.740. The van der Waals surface area contributed by atoms with E-state index in [2.05, 4.69) is 46.5 Å². The molecule has 1 N–H and O–H groups in total. The first-order valence-electron chi connectivity index (χ1n) is 6.73. The van der Waals surface area contributed by atoms with Crippen molar-refractivity contribution >= 4 is 0 Å². The van der Waals surface area contributed by atoms with Crippen molar-refractivity contribution in [3.63, 3.8) is 0 Å². The number of hydrogen-bond donors (Lipinski definition) is 1. The monoisotopic (exact) mass is 236 g/mol. The summed E-state index contributed by atoms with van der Waals surface area (Å²) in [5.74, 6) is 6.94. The lowest BCUT2D eigenvalue weighted by Crippen LogP contribution is -2.28. The summed E-state index contributed by atoms with van der Waals surface area (Å²) < 4.78 is 0. The van der Waals surface area contributed by atoms with Crippen molar-refractivity contribution in [1.82, 2.24) is 0 Å². The second-order valence-electron chi connectivity index (χ2n) is 5.53. The van der Waals surface area contributed by atoms with E-state index in [1.54, 1.807) is 0 Å². The van der Waals surface area contributed by atoms with Gasteiger partial charge in [-0.25, -0.2) is 0 Å². The number of aliphatic hydroxyl groups excluding tert-OH is 1. The Balaban J connectivity index is 0.00000121. The average molecular weight is 236 g/mol. The van der Waals surface area contributed by atoms with Crippen molar-refractivity contribution < 1.29 is 5.11 Å². The molecule has 0 spiro atoms. The second-order valence-corrected chi connectivity index (χ2v) is 5.53. The quantitative estimate of drug-likeness (QED) is 0.626. The van der Waals surface area contributed by atoms with E-state index >= 15 is 0 Å². The highest BCUT2D eigenvalue weighted by atomic mass is 16.3. The largest absolute Gasteiger partial charge is 0.393 e. The Labute approximate surface area is 107 Å². The molecule has 0 bridgehead atoms. The Morgan fingerprint density at radius 2 is 1.82 bits per heavy atom. The lowest BCUT2D eigenvalue weighted by molar-refractivity contribution is 0.117. The van der Waals surface area contributed by atoms with Gasteiger partial charge in [0.05, 0.1) is 6.10 Å². The molecule has 1 aliphatic carbocycles. The van der Waals surface area contributed by atoms with Crippen LogP contribution in [-0.2, 0) is 0 Å². The lowest BCUT2D eigenvalue weighted by atomic mass is 9.72. The van der Waals surface area contributed by atoms with Crippen LogP contribution >= 0.6 is 0 Å². The predicted molar refractivity (Wildman–Crippen MR) is 75.7 cm³/mol. The summed E-state index contributed by atoms with van der Waals surface area (Å²) in [6.45, 7) is 14.6. The molecule has 1 atom stereocenters. The van der Waals surface area contributed by atoms with E-state index in [1.807, 2.05) is 13.8 Å². The Morgan fingerprint density at radius 1 is 1.29 bits per heavy atom. The van der Waals surface area contributed by atoms with E-state index in [9.17, 15) is 5.11 Å². The molecule has 98 valence electrons. The van der Waals surface area contributed by atoms with Gasteiger partial charge in [-0.05, 0) is 19.8 Å². The van der Waals surface area contributed by atoms with Crippen molar-refractivity contribution in [2.45, 2.75) is 67.4 Å². The molecule has 0 aliphatic heterocycles. The van der Waals surface area contributed by atoms with E-state index in [-0.39, 0.29) is 11.5 Å². The highest BCUT2D eigenvalue weighted by Gasteiger charge is 2.31. The molecule has 0 fully saturated rings. The van der Waals surface area contributed by atoms with Gasteiger partial charge in [0.1, 0.15) is 0 Å². The van der Waals surface area contributed by atoms with Crippen LogP contribution in [0.15, 0.2) is 11.1 Å². The third-order valence-electron chi connectivity index (χ3n) is 2.88. The van der Waals surface area contributed by atoms with Gasteiger partial charge < -0.3 is 5.11 Å². The number of rotatable bonds is 0. The number of aliphatic hydroxyl groups is 1. The van der Waals surface area contributed by atoms with Gasteiger partial charge in [-0.2, -0.15) is 0 Å². The van der Waals surface area contributed by atoms with E-state index < -0.39 is 0 Å². The van der Waals surface area contributed by atoms with Crippen LogP contribution in [0, 0.1) is 23.2 Å².